The molecule has 0 heterocycles. The van der Waals surface area contributed by atoms with E-state index in [4.69, 9.17) is 11.6 Å². The van der Waals surface area contributed by atoms with Crippen molar-refractivity contribution in [1.82, 2.24) is 0 Å². The van der Waals surface area contributed by atoms with Crippen LogP contribution in [0.2, 0.25) is 5.02 Å². The Morgan fingerprint density at radius 3 is 2.67 bits per heavy atom. The molecule has 0 radical (unpaired) electrons. The van der Waals surface area contributed by atoms with Gasteiger partial charge in [0.15, 0.2) is 0 Å². The number of amides is 1. The van der Waals surface area contributed by atoms with E-state index in [0.29, 0.717) is 5.69 Å². The Kier molecular flexibility index (Phi) is 4.82. The summed E-state index contributed by atoms with van der Waals surface area (Å²) >= 11 is 7.44. The second-order valence-electron chi connectivity index (χ2n) is 4.08. The number of benzene rings is 2. The van der Waals surface area contributed by atoms with Crippen LogP contribution in [0, 0.1) is 10.1 Å². The van der Waals surface area contributed by atoms with Gasteiger partial charge in [-0.1, -0.05) is 23.7 Å². The van der Waals surface area contributed by atoms with Gasteiger partial charge in [-0.15, -0.1) is 11.8 Å². The van der Waals surface area contributed by atoms with E-state index in [9.17, 15) is 14.9 Å². The maximum atomic E-state index is 12.3. The van der Waals surface area contributed by atoms with Crippen LogP contribution in [-0.4, -0.2) is 17.1 Å². The highest BCUT2D eigenvalue weighted by Gasteiger charge is 2.16. The first-order valence-corrected chi connectivity index (χ1v) is 7.51. The van der Waals surface area contributed by atoms with Crippen LogP contribution < -0.4 is 5.32 Å². The lowest BCUT2D eigenvalue weighted by atomic mass is 10.2. The molecule has 0 unspecified atom stereocenters. The lowest BCUT2D eigenvalue weighted by molar-refractivity contribution is -0.384. The highest BCUT2D eigenvalue weighted by Crippen LogP contribution is 2.27. The molecule has 21 heavy (non-hydrogen) atoms. The first kappa shape index (κ1) is 15.3. The fourth-order valence-corrected chi connectivity index (χ4v) is 2.50. The number of carbonyl (C=O) groups excluding carboxylic acids is 1. The van der Waals surface area contributed by atoms with Crippen molar-refractivity contribution in [2.75, 3.05) is 11.6 Å². The first-order valence-electron chi connectivity index (χ1n) is 5.91. The van der Waals surface area contributed by atoms with Crippen LogP contribution in [0.1, 0.15) is 10.4 Å². The van der Waals surface area contributed by atoms with Gasteiger partial charge in [-0.05, 0) is 24.5 Å². The molecule has 0 aliphatic heterocycles. The Labute approximate surface area is 130 Å². The van der Waals surface area contributed by atoms with Crippen molar-refractivity contribution in [3.05, 3.63) is 63.2 Å². The van der Waals surface area contributed by atoms with Crippen molar-refractivity contribution < 1.29 is 9.72 Å². The fraction of sp³-hybridized carbons (Fsp3) is 0.0714. The number of carbonyl (C=O) groups is 1. The number of nitrogens with one attached hydrogen (secondary N) is 1. The molecule has 0 aromatic heterocycles. The molecule has 0 saturated heterocycles. The molecule has 1 N–H and O–H groups in total. The third kappa shape index (κ3) is 3.53. The van der Waals surface area contributed by atoms with Crippen molar-refractivity contribution in [3.8, 4) is 0 Å². The number of anilines is 1. The van der Waals surface area contributed by atoms with Crippen LogP contribution in [-0.2, 0) is 0 Å². The Morgan fingerprint density at radius 2 is 2.00 bits per heavy atom. The number of hydrogen-bond acceptors (Lipinski definition) is 4. The maximum absolute atomic E-state index is 12.3. The lowest BCUT2D eigenvalue weighted by Gasteiger charge is -2.10. The molecular formula is C14H11ClN2O3S. The standard InChI is InChI=1S/C14H11ClN2O3S/c1-21-13-5-3-2-4-12(13)16-14(18)10-8-9(17(19)20)6-7-11(10)15/h2-8H,1H3,(H,16,18). The molecule has 2 aromatic rings. The molecule has 1 amide bonds. The zero-order chi connectivity index (χ0) is 15.4. The summed E-state index contributed by atoms with van der Waals surface area (Å²) in [5, 5.41) is 13.7. The summed E-state index contributed by atoms with van der Waals surface area (Å²) < 4.78 is 0. The molecule has 0 fully saturated rings. The maximum Gasteiger partial charge on any atom is 0.270 e. The molecular weight excluding hydrogens is 312 g/mol. The predicted molar refractivity (Wildman–Crippen MR) is 84.3 cm³/mol. The quantitative estimate of drug-likeness (QED) is 0.519. The largest absolute Gasteiger partial charge is 0.321 e. The molecule has 0 bridgehead atoms. The SMILES string of the molecule is CSc1ccccc1NC(=O)c1cc([N+](=O)[O-])ccc1Cl. The summed E-state index contributed by atoms with van der Waals surface area (Å²) in [5.41, 5.74) is 0.530. The van der Waals surface area contributed by atoms with Crippen LogP contribution in [0.3, 0.4) is 0 Å². The summed E-state index contributed by atoms with van der Waals surface area (Å²) in [7, 11) is 0. The molecule has 0 saturated carbocycles. The molecule has 0 spiro atoms. The average molecular weight is 323 g/mol. The summed E-state index contributed by atoms with van der Waals surface area (Å²) in [4.78, 5) is 23.4. The second-order valence-corrected chi connectivity index (χ2v) is 5.33. The third-order valence-electron chi connectivity index (χ3n) is 2.76. The predicted octanol–water partition coefficient (Wildman–Crippen LogP) is 4.22. The van der Waals surface area contributed by atoms with Crippen molar-refractivity contribution in [3.63, 3.8) is 0 Å². The zero-order valence-electron chi connectivity index (χ0n) is 11.0. The lowest BCUT2D eigenvalue weighted by Crippen LogP contribution is -2.13. The van der Waals surface area contributed by atoms with E-state index in [-0.39, 0.29) is 16.3 Å². The minimum absolute atomic E-state index is 0.0711. The highest BCUT2D eigenvalue weighted by atomic mass is 35.5. The number of nitrogens with zero attached hydrogens (tertiary/aromatic N) is 1. The Hall–Kier alpha value is -2.05. The van der Waals surface area contributed by atoms with Crippen LogP contribution in [0.4, 0.5) is 11.4 Å². The number of thioether (sulfide) groups is 1. The monoisotopic (exact) mass is 322 g/mol. The van der Waals surface area contributed by atoms with Gasteiger partial charge in [-0.25, -0.2) is 0 Å². The van der Waals surface area contributed by atoms with Crippen LogP contribution >= 0.6 is 23.4 Å². The van der Waals surface area contributed by atoms with Crippen molar-refractivity contribution in [1.29, 1.82) is 0 Å². The molecule has 0 aliphatic carbocycles. The number of nitro groups is 1. The van der Waals surface area contributed by atoms with Crippen molar-refractivity contribution >= 4 is 40.6 Å². The van der Waals surface area contributed by atoms with E-state index in [1.54, 1.807) is 12.1 Å². The van der Waals surface area contributed by atoms with Crippen molar-refractivity contribution in [2.24, 2.45) is 0 Å². The van der Waals surface area contributed by atoms with Crippen LogP contribution in [0.15, 0.2) is 47.4 Å². The van der Waals surface area contributed by atoms with Crippen molar-refractivity contribution in [2.45, 2.75) is 4.90 Å². The van der Waals surface area contributed by atoms with E-state index in [2.05, 4.69) is 5.32 Å². The first-order chi connectivity index (χ1) is 10.0. The van der Waals surface area contributed by atoms with Gasteiger partial charge in [0.2, 0.25) is 0 Å². The van der Waals surface area contributed by atoms with Gasteiger partial charge in [0, 0.05) is 17.0 Å². The Balaban J connectivity index is 2.32. The number of para-hydroxylation sites is 1. The second kappa shape index (κ2) is 6.60. The van der Waals surface area contributed by atoms with Gasteiger partial charge >= 0.3 is 0 Å². The summed E-state index contributed by atoms with van der Waals surface area (Å²) in [6.07, 6.45) is 1.89. The highest BCUT2D eigenvalue weighted by molar-refractivity contribution is 7.98. The van der Waals surface area contributed by atoms with E-state index < -0.39 is 10.8 Å². The number of halogens is 1. The van der Waals surface area contributed by atoms with Gasteiger partial charge in [-0.3, -0.25) is 14.9 Å². The Morgan fingerprint density at radius 1 is 1.29 bits per heavy atom. The molecule has 2 rings (SSSR count). The smallest absolute Gasteiger partial charge is 0.270 e. The van der Waals surface area contributed by atoms with Gasteiger partial charge < -0.3 is 5.32 Å². The van der Waals surface area contributed by atoms with Crippen LogP contribution in [0.25, 0.3) is 0 Å². The van der Waals surface area contributed by atoms with E-state index in [0.717, 1.165) is 4.90 Å². The van der Waals surface area contributed by atoms with E-state index >= 15 is 0 Å². The van der Waals surface area contributed by atoms with Gasteiger partial charge in [0.05, 0.1) is 21.2 Å². The number of rotatable bonds is 4. The van der Waals surface area contributed by atoms with Gasteiger partial charge in [0.25, 0.3) is 11.6 Å². The average Bonchev–Trinajstić information content (AvgIpc) is 2.47. The third-order valence-corrected chi connectivity index (χ3v) is 3.89. The van der Waals surface area contributed by atoms with E-state index in [1.165, 1.54) is 30.0 Å². The topological polar surface area (TPSA) is 72.2 Å². The number of non-ortho nitro benzene ring substituents is 1. The number of nitro benzene ring substituents is 1. The summed E-state index contributed by atoms with van der Waals surface area (Å²) in [5.74, 6) is -0.481. The molecule has 108 valence electrons. The molecule has 7 heteroatoms. The molecule has 5 nitrogen and oxygen atoms in total. The fourth-order valence-electron chi connectivity index (χ4n) is 1.74. The minimum Gasteiger partial charge on any atom is -0.321 e. The van der Waals surface area contributed by atoms with Crippen LogP contribution in [0.5, 0.6) is 0 Å². The zero-order valence-corrected chi connectivity index (χ0v) is 12.6. The van der Waals surface area contributed by atoms with Gasteiger partial charge in [0.1, 0.15) is 0 Å². The Bertz CT molecular complexity index is 706. The summed E-state index contributed by atoms with van der Waals surface area (Å²) in [6.45, 7) is 0. The van der Waals surface area contributed by atoms with Gasteiger partial charge in [-0.2, -0.15) is 0 Å². The summed E-state index contributed by atoms with van der Waals surface area (Å²) in [6, 6.07) is 11.1. The minimum atomic E-state index is -0.567. The number of hydrogen-bond donors (Lipinski definition) is 1. The normalized spacial score (nSPS) is 10.2. The molecule has 0 atom stereocenters. The molecule has 0 aliphatic rings. The molecule has 2 aromatic carbocycles. The van der Waals surface area contributed by atoms with E-state index in [1.807, 2.05) is 18.4 Å².